The largest absolute Gasteiger partial charge is 0.494 e. The van der Waals surface area contributed by atoms with Crippen molar-refractivity contribution in [2.45, 2.75) is 19.8 Å². The van der Waals surface area contributed by atoms with Crippen molar-refractivity contribution in [2.24, 2.45) is 0 Å². The van der Waals surface area contributed by atoms with E-state index in [-0.39, 0.29) is 5.91 Å². The van der Waals surface area contributed by atoms with Gasteiger partial charge in [0.25, 0.3) is 0 Å². The summed E-state index contributed by atoms with van der Waals surface area (Å²) < 4.78 is 12.1. The van der Waals surface area contributed by atoms with Gasteiger partial charge in [0, 0.05) is 26.2 Å². The average molecular weight is 516 g/mol. The molecule has 1 amide bonds. The molecule has 0 spiro atoms. The van der Waals surface area contributed by atoms with E-state index in [1.807, 2.05) is 35.2 Å². The number of anilines is 1. The minimum atomic E-state index is 0.0603. The molecule has 6 nitrogen and oxygen atoms in total. The first-order valence-corrected chi connectivity index (χ1v) is 13.6. The quantitative estimate of drug-likeness (QED) is 0.291. The minimum absolute atomic E-state index is 0.0603. The topological polar surface area (TPSA) is 54.9 Å². The minimum Gasteiger partial charge on any atom is -0.494 e. The first kappa shape index (κ1) is 25.4. The monoisotopic (exact) mass is 515 g/mol. The molecule has 0 bridgehead atoms. The maximum Gasteiger partial charge on any atom is 0.233 e. The van der Waals surface area contributed by atoms with Crippen LogP contribution in [-0.2, 0) is 16.0 Å². The number of carbonyl (C=O) groups is 1. The Morgan fingerprint density at radius 3 is 2.49 bits per heavy atom. The maximum atomic E-state index is 13.7. The van der Waals surface area contributed by atoms with Crippen molar-refractivity contribution in [3.05, 3.63) is 77.9 Å². The fraction of sp³-hybridized carbons (Fsp3) is 0.333. The number of hydrogen-bond acceptors (Lipinski definition) is 6. The molecule has 3 aromatic carbocycles. The van der Waals surface area contributed by atoms with Crippen LogP contribution in [0.15, 0.2) is 66.7 Å². The lowest BCUT2D eigenvalue weighted by Gasteiger charge is -2.27. The number of aromatic nitrogens is 1. The Labute approximate surface area is 222 Å². The van der Waals surface area contributed by atoms with Gasteiger partial charge in [-0.15, -0.1) is 0 Å². The molecule has 192 valence electrons. The molecule has 1 aliphatic rings. The van der Waals surface area contributed by atoms with Gasteiger partial charge in [-0.3, -0.25) is 14.6 Å². The Morgan fingerprint density at radius 1 is 1.03 bits per heavy atom. The number of ether oxygens (including phenoxy) is 2. The van der Waals surface area contributed by atoms with Crippen LogP contribution in [0.3, 0.4) is 0 Å². The van der Waals surface area contributed by atoms with Crippen LogP contribution < -0.4 is 9.64 Å². The number of amides is 1. The first-order valence-electron chi connectivity index (χ1n) is 12.8. The Morgan fingerprint density at radius 2 is 1.76 bits per heavy atom. The smallest absolute Gasteiger partial charge is 0.233 e. The second kappa shape index (κ2) is 11.9. The highest BCUT2D eigenvalue weighted by Gasteiger charge is 2.22. The lowest BCUT2D eigenvalue weighted by atomic mass is 10.0. The van der Waals surface area contributed by atoms with Crippen molar-refractivity contribution in [2.75, 3.05) is 51.4 Å². The van der Waals surface area contributed by atoms with E-state index >= 15 is 0 Å². The SMILES string of the molecule is COc1ccc(C)c2sc(N(CCCN3CCOCC3)C(=O)Cc3ccc(-c4ccccc4)cc3)nc12. The fourth-order valence-electron chi connectivity index (χ4n) is 4.70. The molecular weight excluding hydrogens is 482 g/mol. The number of fused-ring (bicyclic) bond motifs is 1. The summed E-state index contributed by atoms with van der Waals surface area (Å²) in [5.41, 5.74) is 5.27. The maximum absolute atomic E-state index is 13.7. The van der Waals surface area contributed by atoms with Crippen LogP contribution in [0.25, 0.3) is 21.3 Å². The summed E-state index contributed by atoms with van der Waals surface area (Å²) in [6.45, 7) is 7.07. The Kier molecular flexibility index (Phi) is 8.14. The molecule has 0 unspecified atom stereocenters. The Hall–Kier alpha value is -3.26. The van der Waals surface area contributed by atoms with Gasteiger partial charge in [-0.2, -0.15) is 0 Å². The molecule has 0 radical (unpaired) electrons. The number of hydrogen-bond donors (Lipinski definition) is 0. The molecule has 7 heteroatoms. The van der Waals surface area contributed by atoms with Crippen LogP contribution in [-0.4, -0.2) is 62.3 Å². The molecule has 1 saturated heterocycles. The van der Waals surface area contributed by atoms with Crippen molar-refractivity contribution >= 4 is 32.6 Å². The number of rotatable bonds is 9. The standard InChI is InChI=1S/C30H33N3O3S/c1-22-9-14-26(35-2)28-29(22)37-30(31-28)33(16-6-15-32-17-19-36-20-18-32)27(34)21-23-10-12-25(13-11-23)24-7-4-3-5-8-24/h3-5,7-14H,6,15-21H2,1-2H3. The van der Waals surface area contributed by atoms with E-state index in [1.165, 1.54) is 5.56 Å². The zero-order valence-corrected chi connectivity index (χ0v) is 22.3. The first-order chi connectivity index (χ1) is 18.1. The summed E-state index contributed by atoms with van der Waals surface area (Å²) in [6.07, 6.45) is 1.21. The summed E-state index contributed by atoms with van der Waals surface area (Å²) in [7, 11) is 1.66. The van der Waals surface area contributed by atoms with Gasteiger partial charge in [0.15, 0.2) is 5.13 Å². The number of thiazole rings is 1. The van der Waals surface area contributed by atoms with Crippen LogP contribution in [0.4, 0.5) is 5.13 Å². The number of aryl methyl sites for hydroxylation is 1. The van der Waals surface area contributed by atoms with Crippen molar-refractivity contribution in [1.29, 1.82) is 0 Å². The molecule has 1 fully saturated rings. The average Bonchev–Trinajstić information content (AvgIpc) is 3.39. The third kappa shape index (κ3) is 6.01. The normalized spacial score (nSPS) is 14.1. The van der Waals surface area contributed by atoms with Gasteiger partial charge in [-0.1, -0.05) is 72.0 Å². The second-order valence-electron chi connectivity index (χ2n) is 9.35. The lowest BCUT2D eigenvalue weighted by molar-refractivity contribution is -0.118. The Balaban J connectivity index is 1.36. The summed E-state index contributed by atoms with van der Waals surface area (Å²) >= 11 is 1.57. The van der Waals surface area contributed by atoms with Crippen molar-refractivity contribution < 1.29 is 14.3 Å². The molecule has 37 heavy (non-hydrogen) atoms. The number of benzene rings is 3. The molecule has 0 aliphatic carbocycles. The van der Waals surface area contributed by atoms with Crippen LogP contribution in [0.1, 0.15) is 17.5 Å². The zero-order valence-electron chi connectivity index (χ0n) is 21.5. The summed E-state index contributed by atoms with van der Waals surface area (Å²) in [5, 5.41) is 0.732. The number of methoxy groups -OCH3 is 1. The summed E-state index contributed by atoms with van der Waals surface area (Å²) in [4.78, 5) is 22.9. The number of morpholine rings is 1. The van der Waals surface area contributed by atoms with E-state index in [4.69, 9.17) is 14.5 Å². The van der Waals surface area contributed by atoms with Gasteiger partial charge < -0.3 is 9.47 Å². The van der Waals surface area contributed by atoms with Crippen LogP contribution in [0, 0.1) is 6.92 Å². The van der Waals surface area contributed by atoms with E-state index in [0.29, 0.717) is 13.0 Å². The van der Waals surface area contributed by atoms with E-state index in [2.05, 4.69) is 48.2 Å². The molecule has 4 aromatic rings. The molecule has 0 saturated carbocycles. The predicted molar refractivity (Wildman–Crippen MR) is 151 cm³/mol. The van der Waals surface area contributed by atoms with Crippen LogP contribution in [0.5, 0.6) is 5.75 Å². The van der Waals surface area contributed by atoms with Gasteiger partial charge in [0.1, 0.15) is 11.3 Å². The highest BCUT2D eigenvalue weighted by atomic mass is 32.1. The van der Waals surface area contributed by atoms with E-state index in [1.54, 1.807) is 18.4 Å². The number of carbonyl (C=O) groups excluding carboxylic acids is 1. The van der Waals surface area contributed by atoms with Crippen molar-refractivity contribution in [3.63, 3.8) is 0 Å². The van der Waals surface area contributed by atoms with Gasteiger partial charge >= 0.3 is 0 Å². The van der Waals surface area contributed by atoms with Crippen molar-refractivity contribution in [3.8, 4) is 16.9 Å². The molecule has 0 N–H and O–H groups in total. The third-order valence-corrected chi connectivity index (χ3v) is 8.03. The molecule has 2 heterocycles. The summed E-state index contributed by atoms with van der Waals surface area (Å²) in [6, 6.07) is 22.6. The van der Waals surface area contributed by atoms with Gasteiger partial charge in [0.05, 0.1) is 31.4 Å². The zero-order chi connectivity index (χ0) is 25.6. The summed E-state index contributed by atoms with van der Waals surface area (Å²) in [5.74, 6) is 0.797. The lowest BCUT2D eigenvalue weighted by Crippen LogP contribution is -2.39. The Bertz CT molecular complexity index is 1330. The van der Waals surface area contributed by atoms with Crippen molar-refractivity contribution in [1.82, 2.24) is 9.88 Å². The van der Waals surface area contributed by atoms with Gasteiger partial charge in [-0.05, 0) is 41.7 Å². The van der Waals surface area contributed by atoms with Gasteiger partial charge in [0.2, 0.25) is 5.91 Å². The van der Waals surface area contributed by atoms with E-state index < -0.39 is 0 Å². The third-order valence-electron chi connectivity index (χ3n) is 6.82. The molecule has 1 aromatic heterocycles. The van der Waals surface area contributed by atoms with Crippen LogP contribution >= 0.6 is 11.3 Å². The molecule has 1 aliphatic heterocycles. The highest BCUT2D eigenvalue weighted by Crippen LogP contribution is 2.36. The molecular formula is C30H33N3O3S. The van der Waals surface area contributed by atoms with E-state index in [0.717, 1.165) is 77.1 Å². The molecule has 0 atom stereocenters. The number of nitrogens with zero attached hydrogens (tertiary/aromatic N) is 3. The van der Waals surface area contributed by atoms with E-state index in [9.17, 15) is 4.79 Å². The predicted octanol–water partition coefficient (Wildman–Crippen LogP) is 5.58. The fourth-order valence-corrected chi connectivity index (χ4v) is 5.79. The van der Waals surface area contributed by atoms with Gasteiger partial charge in [-0.25, -0.2) is 4.98 Å². The second-order valence-corrected chi connectivity index (χ2v) is 10.3. The van der Waals surface area contributed by atoms with Crippen LogP contribution in [0.2, 0.25) is 0 Å². The highest BCUT2D eigenvalue weighted by molar-refractivity contribution is 7.22. The molecule has 5 rings (SSSR count).